The Labute approximate surface area is 107 Å². The fourth-order valence-electron chi connectivity index (χ4n) is 1.33. The number of anilines is 1. The lowest BCUT2D eigenvalue weighted by Gasteiger charge is -2.06. The van der Waals surface area contributed by atoms with E-state index in [2.05, 4.69) is 10.3 Å². The van der Waals surface area contributed by atoms with Crippen molar-refractivity contribution in [3.63, 3.8) is 0 Å². The summed E-state index contributed by atoms with van der Waals surface area (Å²) in [5.74, 6) is -1.30. The topological polar surface area (TPSA) is 62.2 Å². The minimum Gasteiger partial charge on any atom is -0.506 e. The molecule has 6 heteroatoms. The van der Waals surface area contributed by atoms with E-state index in [0.717, 1.165) is 6.07 Å². The van der Waals surface area contributed by atoms with E-state index < -0.39 is 11.9 Å². The van der Waals surface area contributed by atoms with Gasteiger partial charge in [-0.05, 0) is 24.3 Å². The number of aromatic hydroxyl groups is 1. The van der Waals surface area contributed by atoms with E-state index in [9.17, 15) is 14.3 Å². The molecule has 4 nitrogen and oxygen atoms in total. The van der Waals surface area contributed by atoms with Crippen molar-refractivity contribution in [2.45, 2.75) is 0 Å². The molecule has 0 saturated carbocycles. The van der Waals surface area contributed by atoms with Crippen LogP contribution in [0.3, 0.4) is 0 Å². The van der Waals surface area contributed by atoms with Crippen molar-refractivity contribution < 1.29 is 14.3 Å². The molecule has 0 aliphatic carbocycles. The van der Waals surface area contributed by atoms with Crippen LogP contribution in [0.25, 0.3) is 0 Å². The zero-order valence-corrected chi connectivity index (χ0v) is 9.78. The maximum atomic E-state index is 12.8. The number of pyridine rings is 1. The van der Waals surface area contributed by atoms with Gasteiger partial charge in [-0.2, -0.15) is 4.39 Å². The summed E-state index contributed by atoms with van der Waals surface area (Å²) in [6, 6.07) is 6.64. The van der Waals surface area contributed by atoms with Crippen LogP contribution in [0.2, 0.25) is 5.02 Å². The third-order valence-corrected chi connectivity index (χ3v) is 2.50. The molecule has 0 bridgehead atoms. The lowest BCUT2D eigenvalue weighted by atomic mass is 10.2. The molecular formula is C12H8ClFN2O2. The zero-order chi connectivity index (χ0) is 13.1. The second-order valence-corrected chi connectivity index (χ2v) is 3.89. The van der Waals surface area contributed by atoms with Gasteiger partial charge in [-0.1, -0.05) is 11.6 Å². The van der Waals surface area contributed by atoms with Crippen LogP contribution in [-0.2, 0) is 0 Å². The monoisotopic (exact) mass is 266 g/mol. The smallest absolute Gasteiger partial charge is 0.255 e. The maximum Gasteiger partial charge on any atom is 0.255 e. The first kappa shape index (κ1) is 12.3. The number of rotatable bonds is 2. The Kier molecular flexibility index (Phi) is 3.43. The second kappa shape index (κ2) is 5.01. The third-order valence-electron chi connectivity index (χ3n) is 2.19. The van der Waals surface area contributed by atoms with Crippen molar-refractivity contribution >= 4 is 23.2 Å². The highest BCUT2D eigenvalue weighted by atomic mass is 35.5. The Morgan fingerprint density at radius 1 is 1.33 bits per heavy atom. The third kappa shape index (κ3) is 2.75. The Balaban J connectivity index is 2.18. The van der Waals surface area contributed by atoms with Gasteiger partial charge in [-0.15, -0.1) is 0 Å². The summed E-state index contributed by atoms with van der Waals surface area (Å²) in [6.45, 7) is 0. The number of hydrogen-bond donors (Lipinski definition) is 2. The predicted molar refractivity (Wildman–Crippen MR) is 65.3 cm³/mol. The number of carbonyl (C=O) groups excluding carboxylic acids is 1. The normalized spacial score (nSPS) is 10.1. The average molecular weight is 267 g/mol. The second-order valence-electron chi connectivity index (χ2n) is 3.49. The summed E-state index contributed by atoms with van der Waals surface area (Å²) in [5, 5.41) is 11.9. The summed E-state index contributed by atoms with van der Waals surface area (Å²) in [6.07, 6.45) is 1.20. The summed E-state index contributed by atoms with van der Waals surface area (Å²) in [5.41, 5.74) is 0.548. The van der Waals surface area contributed by atoms with Crippen LogP contribution in [0.15, 0.2) is 36.5 Å². The Morgan fingerprint density at radius 3 is 2.78 bits per heavy atom. The van der Waals surface area contributed by atoms with E-state index in [4.69, 9.17) is 11.6 Å². The number of halogens is 2. The predicted octanol–water partition coefficient (Wildman–Crippen LogP) is 2.83. The summed E-state index contributed by atoms with van der Waals surface area (Å²) in [7, 11) is 0. The lowest BCUT2D eigenvalue weighted by Crippen LogP contribution is -2.12. The molecule has 0 aliphatic heterocycles. The molecule has 1 amide bonds. The van der Waals surface area contributed by atoms with E-state index in [0.29, 0.717) is 5.69 Å². The first-order valence-electron chi connectivity index (χ1n) is 4.97. The number of hydrogen-bond acceptors (Lipinski definition) is 3. The number of aromatic nitrogens is 1. The minimum absolute atomic E-state index is 0.0791. The number of amides is 1. The van der Waals surface area contributed by atoms with Crippen molar-refractivity contribution in [1.29, 1.82) is 0 Å². The standard InChI is InChI=1S/C12H8ClFN2O2/c13-9-6-8(1-2-10(9)17)16-12(18)7-3-4-15-11(14)5-7/h1-6,17H,(H,16,18). The van der Waals surface area contributed by atoms with E-state index in [1.54, 1.807) is 0 Å². The van der Waals surface area contributed by atoms with Crippen LogP contribution in [0, 0.1) is 5.95 Å². The van der Waals surface area contributed by atoms with Crippen LogP contribution in [-0.4, -0.2) is 16.0 Å². The largest absolute Gasteiger partial charge is 0.506 e. The Morgan fingerprint density at radius 2 is 2.11 bits per heavy atom. The summed E-state index contributed by atoms with van der Waals surface area (Å²) >= 11 is 5.70. The molecule has 0 aliphatic rings. The summed E-state index contributed by atoms with van der Waals surface area (Å²) in [4.78, 5) is 15.1. The molecule has 0 saturated heterocycles. The van der Waals surface area contributed by atoms with Crippen molar-refractivity contribution in [1.82, 2.24) is 4.98 Å². The maximum absolute atomic E-state index is 12.8. The molecular weight excluding hydrogens is 259 g/mol. The highest BCUT2D eigenvalue weighted by Gasteiger charge is 2.08. The van der Waals surface area contributed by atoms with Crippen LogP contribution >= 0.6 is 11.6 Å². The number of phenolic OH excluding ortho intramolecular Hbond substituents is 1. The number of carbonyl (C=O) groups is 1. The molecule has 0 fully saturated rings. The van der Waals surface area contributed by atoms with Gasteiger partial charge in [0.25, 0.3) is 5.91 Å². The van der Waals surface area contributed by atoms with Crippen molar-refractivity contribution in [2.75, 3.05) is 5.32 Å². The van der Waals surface area contributed by atoms with Crippen molar-refractivity contribution in [3.05, 3.63) is 53.1 Å². The van der Waals surface area contributed by atoms with Gasteiger partial charge in [0, 0.05) is 23.5 Å². The molecule has 0 unspecified atom stereocenters. The van der Waals surface area contributed by atoms with Gasteiger partial charge in [-0.25, -0.2) is 4.98 Å². The first-order valence-corrected chi connectivity index (χ1v) is 5.35. The molecule has 0 radical (unpaired) electrons. The summed E-state index contributed by atoms with van der Waals surface area (Å²) < 4.78 is 12.8. The molecule has 1 aromatic carbocycles. The van der Waals surface area contributed by atoms with Crippen molar-refractivity contribution in [3.8, 4) is 5.75 Å². The molecule has 0 spiro atoms. The first-order chi connectivity index (χ1) is 8.56. The molecule has 1 aromatic heterocycles. The van der Waals surface area contributed by atoms with Gasteiger partial charge < -0.3 is 10.4 Å². The zero-order valence-electron chi connectivity index (χ0n) is 9.02. The molecule has 2 aromatic rings. The number of nitrogens with one attached hydrogen (secondary N) is 1. The van der Waals surface area contributed by atoms with E-state index >= 15 is 0 Å². The number of benzene rings is 1. The van der Waals surface area contributed by atoms with Gasteiger partial charge in [0.05, 0.1) is 5.02 Å². The molecule has 1 heterocycles. The minimum atomic E-state index is -0.730. The molecule has 2 rings (SSSR count). The SMILES string of the molecule is O=C(Nc1ccc(O)c(Cl)c1)c1ccnc(F)c1. The fraction of sp³-hybridized carbons (Fsp3) is 0. The van der Waals surface area contributed by atoms with Gasteiger partial charge in [0.1, 0.15) is 5.75 Å². The van der Waals surface area contributed by atoms with E-state index in [1.807, 2.05) is 0 Å². The van der Waals surface area contributed by atoms with Gasteiger partial charge in [0.15, 0.2) is 0 Å². The quantitative estimate of drug-likeness (QED) is 0.649. The highest BCUT2D eigenvalue weighted by Crippen LogP contribution is 2.26. The number of phenols is 1. The van der Waals surface area contributed by atoms with Gasteiger partial charge >= 0.3 is 0 Å². The van der Waals surface area contributed by atoms with Gasteiger partial charge in [0.2, 0.25) is 5.95 Å². The highest BCUT2D eigenvalue weighted by molar-refractivity contribution is 6.32. The van der Waals surface area contributed by atoms with Crippen LogP contribution < -0.4 is 5.32 Å². The average Bonchev–Trinajstić information content (AvgIpc) is 2.34. The Hall–Kier alpha value is -2.14. The van der Waals surface area contributed by atoms with Crippen LogP contribution in [0.1, 0.15) is 10.4 Å². The van der Waals surface area contributed by atoms with E-state index in [1.165, 1.54) is 30.5 Å². The van der Waals surface area contributed by atoms with Gasteiger partial charge in [-0.3, -0.25) is 4.79 Å². The lowest BCUT2D eigenvalue weighted by molar-refractivity contribution is 0.102. The number of nitrogens with zero attached hydrogens (tertiary/aromatic N) is 1. The van der Waals surface area contributed by atoms with Crippen LogP contribution in [0.4, 0.5) is 10.1 Å². The van der Waals surface area contributed by atoms with Crippen LogP contribution in [0.5, 0.6) is 5.75 Å². The molecule has 0 atom stereocenters. The molecule has 18 heavy (non-hydrogen) atoms. The molecule has 2 N–H and O–H groups in total. The van der Waals surface area contributed by atoms with E-state index in [-0.39, 0.29) is 16.3 Å². The fourth-order valence-corrected chi connectivity index (χ4v) is 1.51. The van der Waals surface area contributed by atoms with Crippen molar-refractivity contribution in [2.24, 2.45) is 0 Å². The Bertz CT molecular complexity index is 604. The molecule has 92 valence electrons.